The normalized spacial score (nSPS) is 10.5. The Hall–Kier alpha value is -1.62. The van der Waals surface area contributed by atoms with E-state index >= 15 is 0 Å². The summed E-state index contributed by atoms with van der Waals surface area (Å²) < 4.78 is 2.46. The number of benzene rings is 1. The molecule has 0 aliphatic heterocycles. The van der Waals surface area contributed by atoms with Gasteiger partial charge in [0.25, 0.3) is 0 Å². The highest BCUT2D eigenvalue weighted by Gasteiger charge is 2.14. The zero-order valence-corrected chi connectivity index (χ0v) is 11.0. The molecule has 0 bridgehead atoms. The zero-order valence-electron chi connectivity index (χ0n) is 9.44. The zero-order chi connectivity index (χ0) is 12.6. The second-order valence-corrected chi connectivity index (χ2v) is 4.72. The Morgan fingerprint density at radius 1 is 1.41 bits per heavy atom. The van der Waals surface area contributed by atoms with Crippen LogP contribution in [-0.4, -0.2) is 20.9 Å². The van der Waals surface area contributed by atoms with E-state index in [1.54, 1.807) is 17.8 Å². The lowest BCUT2D eigenvalue weighted by atomic mass is 10.2. The van der Waals surface area contributed by atoms with E-state index in [2.05, 4.69) is 21.0 Å². The molecule has 0 aliphatic carbocycles. The van der Waals surface area contributed by atoms with Crippen LogP contribution in [0.1, 0.15) is 21.6 Å². The van der Waals surface area contributed by atoms with Crippen molar-refractivity contribution >= 4 is 21.9 Å². The summed E-state index contributed by atoms with van der Waals surface area (Å²) in [6.07, 6.45) is 1.71. The van der Waals surface area contributed by atoms with Gasteiger partial charge in [-0.3, -0.25) is 0 Å². The van der Waals surface area contributed by atoms with Gasteiger partial charge in [-0.25, -0.2) is 9.48 Å². The monoisotopic (exact) mass is 294 g/mol. The topological polar surface area (TPSA) is 55.1 Å². The summed E-state index contributed by atoms with van der Waals surface area (Å²) in [4.78, 5) is 10.9. The van der Waals surface area contributed by atoms with Crippen LogP contribution in [0.5, 0.6) is 0 Å². The average molecular weight is 295 g/mol. The van der Waals surface area contributed by atoms with Gasteiger partial charge in [0, 0.05) is 16.2 Å². The fraction of sp³-hybridized carbons (Fsp3) is 0.167. The number of aromatic carboxylic acids is 1. The first-order valence-corrected chi connectivity index (χ1v) is 5.84. The number of carboxylic acids is 1. The fourth-order valence-corrected chi connectivity index (χ4v) is 2.27. The van der Waals surface area contributed by atoms with Crippen molar-refractivity contribution in [3.8, 4) is 5.69 Å². The number of aryl methyl sites for hydroxylation is 2. The van der Waals surface area contributed by atoms with Crippen molar-refractivity contribution < 1.29 is 9.90 Å². The highest BCUT2D eigenvalue weighted by Crippen LogP contribution is 2.22. The molecule has 1 aromatic carbocycles. The molecule has 2 aromatic rings. The Morgan fingerprint density at radius 3 is 2.65 bits per heavy atom. The van der Waals surface area contributed by atoms with Gasteiger partial charge in [0.1, 0.15) is 0 Å². The summed E-state index contributed by atoms with van der Waals surface area (Å²) in [5.41, 5.74) is 2.68. The molecule has 0 aliphatic rings. The number of hydrogen-bond donors (Lipinski definition) is 1. The molecular weight excluding hydrogens is 284 g/mol. The van der Waals surface area contributed by atoms with Crippen molar-refractivity contribution in [1.82, 2.24) is 9.78 Å². The molecule has 0 unspecified atom stereocenters. The van der Waals surface area contributed by atoms with E-state index in [9.17, 15) is 4.79 Å². The molecule has 4 nitrogen and oxygen atoms in total. The molecule has 0 fully saturated rings. The summed E-state index contributed by atoms with van der Waals surface area (Å²) in [6.45, 7) is 3.72. The predicted molar refractivity (Wildman–Crippen MR) is 67.7 cm³/mol. The van der Waals surface area contributed by atoms with Crippen LogP contribution in [0.4, 0.5) is 0 Å². The number of halogens is 1. The van der Waals surface area contributed by atoms with Gasteiger partial charge in [-0.2, -0.15) is 5.10 Å². The highest BCUT2D eigenvalue weighted by molar-refractivity contribution is 9.10. The minimum absolute atomic E-state index is 0.0810. The second kappa shape index (κ2) is 4.33. The van der Waals surface area contributed by atoms with Gasteiger partial charge in [-0.05, 0) is 47.5 Å². The van der Waals surface area contributed by atoms with Crippen molar-refractivity contribution in [2.45, 2.75) is 13.8 Å². The minimum Gasteiger partial charge on any atom is -0.476 e. The lowest BCUT2D eigenvalue weighted by Gasteiger charge is -2.04. The Morgan fingerprint density at radius 2 is 2.12 bits per heavy atom. The third kappa shape index (κ3) is 2.24. The average Bonchev–Trinajstić information content (AvgIpc) is 2.60. The summed E-state index contributed by atoms with van der Waals surface area (Å²) in [5, 5.41) is 13.0. The molecule has 0 radical (unpaired) electrons. The largest absolute Gasteiger partial charge is 0.476 e. The van der Waals surface area contributed by atoms with Gasteiger partial charge in [0.05, 0.1) is 5.69 Å². The maximum atomic E-state index is 10.9. The third-order valence-electron chi connectivity index (χ3n) is 2.45. The van der Waals surface area contributed by atoms with Crippen molar-refractivity contribution in [3.63, 3.8) is 0 Å². The van der Waals surface area contributed by atoms with E-state index in [0.29, 0.717) is 5.56 Å². The van der Waals surface area contributed by atoms with Gasteiger partial charge in [-0.15, -0.1) is 0 Å². The van der Waals surface area contributed by atoms with Crippen molar-refractivity contribution in [3.05, 3.63) is 45.7 Å². The molecule has 1 heterocycles. The molecule has 2 rings (SSSR count). The van der Waals surface area contributed by atoms with Crippen LogP contribution in [-0.2, 0) is 0 Å². The summed E-state index contributed by atoms with van der Waals surface area (Å²) in [7, 11) is 0. The standard InChI is InChI=1S/C12H11BrN2O2/c1-7-3-4-10(9(13)5-7)15-6-8(2)11(14-15)12(16)17/h3-6H,1-2H3,(H,16,17). The molecule has 0 atom stereocenters. The molecule has 0 spiro atoms. The molecule has 0 saturated heterocycles. The van der Waals surface area contributed by atoms with E-state index in [0.717, 1.165) is 15.7 Å². The first-order chi connectivity index (χ1) is 7.99. The van der Waals surface area contributed by atoms with Gasteiger partial charge in [0.15, 0.2) is 5.69 Å². The van der Waals surface area contributed by atoms with E-state index in [-0.39, 0.29) is 5.69 Å². The van der Waals surface area contributed by atoms with Crippen molar-refractivity contribution in [1.29, 1.82) is 0 Å². The minimum atomic E-state index is -1.01. The lowest BCUT2D eigenvalue weighted by molar-refractivity contribution is 0.0689. The van der Waals surface area contributed by atoms with E-state index in [1.165, 1.54) is 0 Å². The Labute approximate surface area is 107 Å². The summed E-state index contributed by atoms with van der Waals surface area (Å²) in [6, 6.07) is 5.82. The first-order valence-electron chi connectivity index (χ1n) is 5.05. The van der Waals surface area contributed by atoms with Crippen molar-refractivity contribution in [2.75, 3.05) is 0 Å². The number of hydrogen-bond acceptors (Lipinski definition) is 2. The van der Waals surface area contributed by atoms with Gasteiger partial charge in [-0.1, -0.05) is 6.07 Å². The molecule has 1 aromatic heterocycles. The molecule has 17 heavy (non-hydrogen) atoms. The van der Waals surface area contributed by atoms with Crippen LogP contribution in [0.25, 0.3) is 5.69 Å². The Balaban J connectivity index is 2.53. The molecule has 5 heteroatoms. The van der Waals surface area contributed by atoms with Crippen LogP contribution in [0.2, 0.25) is 0 Å². The smallest absolute Gasteiger partial charge is 0.356 e. The maximum absolute atomic E-state index is 10.9. The molecule has 1 N–H and O–H groups in total. The number of carbonyl (C=O) groups is 1. The van der Waals surface area contributed by atoms with Gasteiger partial charge >= 0.3 is 5.97 Å². The lowest BCUT2D eigenvalue weighted by Crippen LogP contribution is -2.02. The van der Waals surface area contributed by atoms with Crippen LogP contribution >= 0.6 is 15.9 Å². The maximum Gasteiger partial charge on any atom is 0.356 e. The first kappa shape index (κ1) is 11.9. The number of aromatic nitrogens is 2. The third-order valence-corrected chi connectivity index (χ3v) is 3.08. The number of rotatable bonds is 2. The fourth-order valence-electron chi connectivity index (χ4n) is 1.59. The molecule has 0 saturated carbocycles. The summed E-state index contributed by atoms with van der Waals surface area (Å²) in [5.74, 6) is -1.01. The number of nitrogens with zero attached hydrogens (tertiary/aromatic N) is 2. The van der Waals surface area contributed by atoms with Gasteiger partial charge in [0.2, 0.25) is 0 Å². The van der Waals surface area contributed by atoms with E-state index in [1.807, 2.05) is 25.1 Å². The summed E-state index contributed by atoms with van der Waals surface area (Å²) >= 11 is 3.45. The number of carboxylic acid groups (broad SMARTS) is 1. The molecule has 88 valence electrons. The van der Waals surface area contributed by atoms with Crippen molar-refractivity contribution in [2.24, 2.45) is 0 Å². The van der Waals surface area contributed by atoms with Gasteiger partial charge < -0.3 is 5.11 Å². The highest BCUT2D eigenvalue weighted by atomic mass is 79.9. The van der Waals surface area contributed by atoms with Crippen LogP contribution in [0, 0.1) is 13.8 Å². The Kier molecular flexibility index (Phi) is 3.02. The SMILES string of the molecule is Cc1ccc(-n2cc(C)c(C(=O)O)n2)c(Br)c1. The quantitative estimate of drug-likeness (QED) is 0.926. The second-order valence-electron chi connectivity index (χ2n) is 3.87. The Bertz CT molecular complexity index is 590. The van der Waals surface area contributed by atoms with Crippen LogP contribution < -0.4 is 0 Å². The molecule has 0 amide bonds. The van der Waals surface area contributed by atoms with Crippen LogP contribution in [0.15, 0.2) is 28.9 Å². The molecular formula is C12H11BrN2O2. The van der Waals surface area contributed by atoms with E-state index in [4.69, 9.17) is 5.11 Å². The van der Waals surface area contributed by atoms with Crippen LogP contribution in [0.3, 0.4) is 0 Å². The predicted octanol–water partition coefficient (Wildman–Crippen LogP) is 2.95. The van der Waals surface area contributed by atoms with E-state index < -0.39 is 5.97 Å².